The summed E-state index contributed by atoms with van der Waals surface area (Å²) >= 11 is 0. The fourth-order valence-electron chi connectivity index (χ4n) is 3.65. The van der Waals surface area contributed by atoms with E-state index in [-0.39, 0.29) is 36.2 Å². The van der Waals surface area contributed by atoms with E-state index in [1.807, 2.05) is 30.3 Å². The van der Waals surface area contributed by atoms with Crippen LogP contribution in [0.4, 0.5) is 14.6 Å². The van der Waals surface area contributed by atoms with E-state index in [2.05, 4.69) is 15.7 Å². The SMILES string of the molecule is CC(C)C(F)(F)c1cccc(-c2cc(NC(=O)[C@H]3CNC(=O)C3)nn2-c2ccccc2)c1. The predicted octanol–water partition coefficient (Wildman–Crippen LogP) is 4.36. The van der Waals surface area contributed by atoms with Crippen LogP contribution in [0.2, 0.25) is 0 Å². The summed E-state index contributed by atoms with van der Waals surface area (Å²) in [6, 6.07) is 17.1. The van der Waals surface area contributed by atoms with Gasteiger partial charge in [0.25, 0.3) is 5.92 Å². The molecule has 166 valence electrons. The molecular weight excluding hydrogens is 414 g/mol. The van der Waals surface area contributed by atoms with Crippen LogP contribution in [0, 0.1) is 11.8 Å². The van der Waals surface area contributed by atoms with Crippen molar-refractivity contribution in [3.05, 3.63) is 66.2 Å². The van der Waals surface area contributed by atoms with E-state index in [1.54, 1.807) is 22.9 Å². The zero-order valence-electron chi connectivity index (χ0n) is 17.8. The molecule has 0 bridgehead atoms. The predicted molar refractivity (Wildman–Crippen MR) is 117 cm³/mol. The second-order valence-electron chi connectivity index (χ2n) is 8.22. The number of benzene rings is 2. The van der Waals surface area contributed by atoms with Crippen LogP contribution in [0.1, 0.15) is 25.8 Å². The largest absolute Gasteiger partial charge is 0.355 e. The summed E-state index contributed by atoms with van der Waals surface area (Å²) in [5, 5.41) is 9.90. The highest BCUT2D eigenvalue weighted by atomic mass is 19.3. The van der Waals surface area contributed by atoms with Crippen molar-refractivity contribution < 1.29 is 18.4 Å². The maximum atomic E-state index is 14.7. The van der Waals surface area contributed by atoms with Gasteiger partial charge in [-0.05, 0) is 18.2 Å². The zero-order chi connectivity index (χ0) is 22.9. The van der Waals surface area contributed by atoms with Gasteiger partial charge >= 0.3 is 0 Å². The number of hydrogen-bond donors (Lipinski definition) is 2. The molecule has 0 saturated carbocycles. The first-order valence-electron chi connectivity index (χ1n) is 10.5. The minimum Gasteiger partial charge on any atom is -0.355 e. The lowest BCUT2D eigenvalue weighted by molar-refractivity contribution is -0.123. The third-order valence-corrected chi connectivity index (χ3v) is 5.58. The van der Waals surface area contributed by atoms with Crippen LogP contribution in [0.3, 0.4) is 0 Å². The number of amides is 2. The fraction of sp³-hybridized carbons (Fsp3) is 0.292. The molecule has 0 spiro atoms. The van der Waals surface area contributed by atoms with Crippen molar-refractivity contribution in [1.29, 1.82) is 0 Å². The van der Waals surface area contributed by atoms with Gasteiger partial charge in [0.2, 0.25) is 11.8 Å². The topological polar surface area (TPSA) is 76.0 Å². The van der Waals surface area contributed by atoms with Gasteiger partial charge in [0.05, 0.1) is 17.3 Å². The van der Waals surface area contributed by atoms with Crippen LogP contribution in [-0.2, 0) is 15.5 Å². The van der Waals surface area contributed by atoms with Crippen molar-refractivity contribution >= 4 is 17.6 Å². The molecule has 0 radical (unpaired) electrons. The monoisotopic (exact) mass is 438 g/mol. The van der Waals surface area contributed by atoms with E-state index < -0.39 is 17.8 Å². The van der Waals surface area contributed by atoms with Gasteiger partial charge in [-0.3, -0.25) is 9.59 Å². The van der Waals surface area contributed by atoms with Crippen LogP contribution in [-0.4, -0.2) is 28.1 Å². The summed E-state index contributed by atoms with van der Waals surface area (Å²) in [5.74, 6) is -4.49. The molecule has 3 aromatic rings. The summed E-state index contributed by atoms with van der Waals surface area (Å²) < 4.78 is 30.9. The Bertz CT molecular complexity index is 1140. The Hall–Kier alpha value is -3.55. The maximum absolute atomic E-state index is 14.7. The molecule has 1 aliphatic rings. The van der Waals surface area contributed by atoms with Crippen molar-refractivity contribution in [2.45, 2.75) is 26.2 Å². The van der Waals surface area contributed by atoms with E-state index in [1.165, 1.54) is 26.0 Å². The third kappa shape index (κ3) is 4.26. The van der Waals surface area contributed by atoms with Crippen LogP contribution in [0.5, 0.6) is 0 Å². The first kappa shape index (κ1) is 21.7. The van der Waals surface area contributed by atoms with Crippen molar-refractivity contribution in [3.63, 3.8) is 0 Å². The quantitative estimate of drug-likeness (QED) is 0.600. The lowest BCUT2D eigenvalue weighted by Crippen LogP contribution is -2.24. The maximum Gasteiger partial charge on any atom is 0.275 e. The molecular formula is C24H24F2N4O2. The molecule has 0 aliphatic carbocycles. The lowest BCUT2D eigenvalue weighted by atomic mass is 9.95. The van der Waals surface area contributed by atoms with E-state index in [0.29, 0.717) is 11.3 Å². The standard InChI is InChI=1S/C24H24F2N4O2/c1-15(2)24(25,26)18-8-6-7-16(11-18)20-13-21(28-23(32)17-12-22(31)27-14-17)29-30(20)19-9-4-3-5-10-19/h3-11,13,15,17H,12,14H2,1-2H3,(H,27,31)(H,28,29,32)/t17-/m1/s1. The molecule has 2 N–H and O–H groups in total. The Kier molecular flexibility index (Phi) is 5.78. The average molecular weight is 438 g/mol. The van der Waals surface area contributed by atoms with Crippen molar-refractivity contribution in [2.24, 2.45) is 11.8 Å². The number of halogens is 2. The minimum atomic E-state index is -2.98. The highest BCUT2D eigenvalue weighted by Gasteiger charge is 2.36. The van der Waals surface area contributed by atoms with Crippen LogP contribution in [0.25, 0.3) is 16.9 Å². The number of hydrogen-bond acceptors (Lipinski definition) is 3. The zero-order valence-corrected chi connectivity index (χ0v) is 17.8. The summed E-state index contributed by atoms with van der Waals surface area (Å²) in [6.07, 6.45) is 0.129. The molecule has 0 unspecified atom stereocenters. The second-order valence-corrected chi connectivity index (χ2v) is 8.22. The van der Waals surface area contributed by atoms with Gasteiger partial charge in [0, 0.05) is 36.1 Å². The first-order valence-corrected chi connectivity index (χ1v) is 10.5. The fourth-order valence-corrected chi connectivity index (χ4v) is 3.65. The van der Waals surface area contributed by atoms with Gasteiger partial charge in [0.15, 0.2) is 5.82 Å². The summed E-state index contributed by atoms with van der Waals surface area (Å²) in [5.41, 5.74) is 1.76. The number of alkyl halides is 2. The Balaban J connectivity index is 1.73. The van der Waals surface area contributed by atoms with Crippen molar-refractivity contribution in [3.8, 4) is 16.9 Å². The van der Waals surface area contributed by atoms with Gasteiger partial charge in [-0.25, -0.2) is 13.5 Å². The number of carbonyl (C=O) groups excluding carboxylic acids is 2. The lowest BCUT2D eigenvalue weighted by Gasteiger charge is -2.21. The first-order chi connectivity index (χ1) is 15.3. The van der Waals surface area contributed by atoms with Gasteiger partial charge in [-0.2, -0.15) is 0 Å². The summed E-state index contributed by atoms with van der Waals surface area (Å²) in [7, 11) is 0. The second kappa shape index (κ2) is 8.53. The number of aromatic nitrogens is 2. The Labute approximate surface area is 184 Å². The van der Waals surface area contributed by atoms with Gasteiger partial charge in [-0.1, -0.05) is 50.2 Å². The number of nitrogens with zero attached hydrogens (tertiary/aromatic N) is 2. The number of nitrogens with one attached hydrogen (secondary N) is 2. The molecule has 2 heterocycles. The molecule has 1 aromatic heterocycles. The molecule has 4 rings (SSSR count). The van der Waals surface area contributed by atoms with E-state index in [0.717, 1.165) is 5.69 Å². The summed E-state index contributed by atoms with van der Waals surface area (Å²) in [4.78, 5) is 24.0. The summed E-state index contributed by atoms with van der Waals surface area (Å²) in [6.45, 7) is 3.25. The molecule has 1 aliphatic heterocycles. The number of carbonyl (C=O) groups is 2. The normalized spacial score (nSPS) is 16.3. The van der Waals surface area contributed by atoms with Gasteiger partial charge in [-0.15, -0.1) is 5.10 Å². The van der Waals surface area contributed by atoms with Crippen LogP contribution >= 0.6 is 0 Å². The molecule has 32 heavy (non-hydrogen) atoms. The Morgan fingerprint density at radius 2 is 1.91 bits per heavy atom. The van der Waals surface area contributed by atoms with Crippen molar-refractivity contribution in [1.82, 2.24) is 15.1 Å². The highest BCUT2D eigenvalue weighted by Crippen LogP contribution is 2.38. The van der Waals surface area contributed by atoms with Crippen LogP contribution < -0.4 is 10.6 Å². The number of anilines is 1. The van der Waals surface area contributed by atoms with Gasteiger partial charge < -0.3 is 10.6 Å². The smallest absolute Gasteiger partial charge is 0.275 e. The molecule has 2 amide bonds. The third-order valence-electron chi connectivity index (χ3n) is 5.58. The molecule has 1 atom stereocenters. The molecule has 8 heteroatoms. The Morgan fingerprint density at radius 1 is 1.16 bits per heavy atom. The Morgan fingerprint density at radius 3 is 2.56 bits per heavy atom. The minimum absolute atomic E-state index is 0.0769. The van der Waals surface area contributed by atoms with E-state index in [9.17, 15) is 18.4 Å². The van der Waals surface area contributed by atoms with Crippen LogP contribution in [0.15, 0.2) is 60.7 Å². The molecule has 6 nitrogen and oxygen atoms in total. The van der Waals surface area contributed by atoms with E-state index in [4.69, 9.17) is 0 Å². The molecule has 1 saturated heterocycles. The number of rotatable bonds is 6. The number of para-hydroxylation sites is 1. The molecule has 2 aromatic carbocycles. The average Bonchev–Trinajstić information content (AvgIpc) is 3.41. The highest BCUT2D eigenvalue weighted by molar-refractivity contribution is 5.97. The van der Waals surface area contributed by atoms with Gasteiger partial charge in [0.1, 0.15) is 0 Å². The van der Waals surface area contributed by atoms with Crippen molar-refractivity contribution in [2.75, 3.05) is 11.9 Å². The van der Waals surface area contributed by atoms with E-state index >= 15 is 0 Å². The molecule has 1 fully saturated rings.